The molecule has 0 fully saturated rings. The number of nitrogens with zero attached hydrogens (tertiary/aromatic N) is 1. The summed E-state index contributed by atoms with van der Waals surface area (Å²) in [5.41, 5.74) is -0.679. The summed E-state index contributed by atoms with van der Waals surface area (Å²) in [6.45, 7) is 1.96. The lowest BCUT2D eigenvalue weighted by Crippen LogP contribution is -2.34. The second-order valence-corrected chi connectivity index (χ2v) is 3.55. The Morgan fingerprint density at radius 1 is 1.41 bits per heavy atom. The minimum absolute atomic E-state index is 0.0294. The first-order valence-electron chi connectivity index (χ1n) is 5.04. The molecular formula is C11H10N2O4. The van der Waals surface area contributed by atoms with Gasteiger partial charge in [0.15, 0.2) is 0 Å². The summed E-state index contributed by atoms with van der Waals surface area (Å²) in [6.07, 6.45) is 0. The Morgan fingerprint density at radius 2 is 2.12 bits per heavy atom. The zero-order valence-electron chi connectivity index (χ0n) is 9.06. The zero-order valence-corrected chi connectivity index (χ0v) is 9.06. The van der Waals surface area contributed by atoms with Gasteiger partial charge in [-0.25, -0.2) is 9.59 Å². The lowest BCUT2D eigenvalue weighted by atomic mass is 10.1. The molecule has 2 aromatic rings. The van der Waals surface area contributed by atoms with Gasteiger partial charge in [-0.1, -0.05) is 0 Å². The summed E-state index contributed by atoms with van der Waals surface area (Å²) in [5.74, 6) is -1.10. The standard InChI is InChI=1S/C11H10N2O4/c1-2-13-9(14)7-4-3-6(10(15)16)5-8(7)12-11(13)17/h3-5H,2H2,1H3,(H,12,17)(H,15,16). The van der Waals surface area contributed by atoms with Gasteiger partial charge in [0.2, 0.25) is 0 Å². The highest BCUT2D eigenvalue weighted by atomic mass is 16.4. The highest BCUT2D eigenvalue weighted by Gasteiger charge is 2.09. The number of rotatable bonds is 2. The highest BCUT2D eigenvalue weighted by Crippen LogP contribution is 2.08. The van der Waals surface area contributed by atoms with Gasteiger partial charge in [-0.15, -0.1) is 0 Å². The molecule has 0 aliphatic rings. The summed E-state index contributed by atoms with van der Waals surface area (Å²) >= 11 is 0. The van der Waals surface area contributed by atoms with Gasteiger partial charge in [-0.05, 0) is 25.1 Å². The number of hydrogen-bond donors (Lipinski definition) is 2. The number of fused-ring (bicyclic) bond motifs is 1. The summed E-state index contributed by atoms with van der Waals surface area (Å²) in [6, 6.07) is 4.02. The summed E-state index contributed by atoms with van der Waals surface area (Å²) in [7, 11) is 0. The number of H-pyrrole nitrogens is 1. The van der Waals surface area contributed by atoms with Crippen LogP contribution in [-0.2, 0) is 6.54 Å². The number of aromatic amines is 1. The molecule has 17 heavy (non-hydrogen) atoms. The molecule has 0 spiro atoms. The third-order valence-electron chi connectivity index (χ3n) is 2.55. The molecule has 2 rings (SSSR count). The molecular weight excluding hydrogens is 224 g/mol. The molecule has 88 valence electrons. The zero-order chi connectivity index (χ0) is 12.6. The number of aromatic carboxylic acids is 1. The van der Waals surface area contributed by atoms with Crippen LogP contribution in [-0.4, -0.2) is 20.6 Å². The first-order valence-corrected chi connectivity index (χ1v) is 5.04. The van der Waals surface area contributed by atoms with E-state index >= 15 is 0 Å². The van der Waals surface area contributed by atoms with Crippen molar-refractivity contribution in [1.29, 1.82) is 0 Å². The number of hydrogen-bond acceptors (Lipinski definition) is 3. The van der Waals surface area contributed by atoms with Crippen LogP contribution in [0.25, 0.3) is 10.9 Å². The maximum atomic E-state index is 11.9. The molecule has 2 N–H and O–H groups in total. The maximum Gasteiger partial charge on any atom is 0.335 e. The molecule has 0 aliphatic heterocycles. The minimum Gasteiger partial charge on any atom is -0.478 e. The van der Waals surface area contributed by atoms with E-state index in [4.69, 9.17) is 5.11 Å². The smallest absolute Gasteiger partial charge is 0.335 e. The Hall–Kier alpha value is -2.37. The van der Waals surface area contributed by atoms with Crippen molar-refractivity contribution in [1.82, 2.24) is 9.55 Å². The van der Waals surface area contributed by atoms with Crippen LogP contribution in [0, 0.1) is 0 Å². The molecule has 6 heteroatoms. The summed E-state index contributed by atoms with van der Waals surface area (Å²) < 4.78 is 1.06. The van der Waals surface area contributed by atoms with E-state index in [-0.39, 0.29) is 17.6 Å². The van der Waals surface area contributed by atoms with E-state index in [0.29, 0.717) is 5.39 Å². The van der Waals surface area contributed by atoms with Crippen LogP contribution in [0.2, 0.25) is 0 Å². The van der Waals surface area contributed by atoms with Crippen molar-refractivity contribution in [2.75, 3.05) is 0 Å². The third-order valence-corrected chi connectivity index (χ3v) is 2.55. The van der Waals surface area contributed by atoms with Crippen LogP contribution in [0.3, 0.4) is 0 Å². The number of nitrogens with one attached hydrogen (secondary N) is 1. The summed E-state index contributed by atoms with van der Waals surface area (Å²) in [4.78, 5) is 36.6. The van der Waals surface area contributed by atoms with Crippen LogP contribution in [0.4, 0.5) is 0 Å². The van der Waals surface area contributed by atoms with E-state index in [2.05, 4.69) is 4.98 Å². The predicted molar refractivity (Wildman–Crippen MR) is 61.5 cm³/mol. The monoisotopic (exact) mass is 234 g/mol. The molecule has 1 aromatic carbocycles. The Kier molecular flexibility index (Phi) is 2.55. The largest absolute Gasteiger partial charge is 0.478 e. The number of aromatic nitrogens is 2. The SMILES string of the molecule is CCn1c(=O)[nH]c2cc(C(=O)O)ccc2c1=O. The molecule has 0 saturated carbocycles. The lowest BCUT2D eigenvalue weighted by molar-refractivity contribution is 0.0697. The second-order valence-electron chi connectivity index (χ2n) is 3.55. The molecule has 0 aliphatic carbocycles. The van der Waals surface area contributed by atoms with Crippen LogP contribution >= 0.6 is 0 Å². The van der Waals surface area contributed by atoms with Gasteiger partial charge >= 0.3 is 11.7 Å². The molecule has 0 amide bonds. The molecule has 1 aromatic heterocycles. The lowest BCUT2D eigenvalue weighted by Gasteiger charge is -2.03. The van der Waals surface area contributed by atoms with E-state index in [9.17, 15) is 14.4 Å². The van der Waals surface area contributed by atoms with Crippen molar-refractivity contribution in [2.24, 2.45) is 0 Å². The molecule has 6 nitrogen and oxygen atoms in total. The van der Waals surface area contributed by atoms with Gasteiger partial charge < -0.3 is 10.1 Å². The quantitative estimate of drug-likeness (QED) is 0.787. The molecule has 1 heterocycles. The number of benzene rings is 1. The molecule has 0 saturated heterocycles. The Morgan fingerprint density at radius 3 is 2.71 bits per heavy atom. The van der Waals surface area contributed by atoms with E-state index in [0.717, 1.165) is 4.57 Å². The number of carboxylic acid groups (broad SMARTS) is 1. The fourth-order valence-electron chi connectivity index (χ4n) is 1.67. The third kappa shape index (κ3) is 1.73. The first-order chi connectivity index (χ1) is 8.04. The van der Waals surface area contributed by atoms with E-state index in [1.165, 1.54) is 18.2 Å². The Labute approximate surface area is 95.1 Å². The second kappa shape index (κ2) is 3.89. The average Bonchev–Trinajstić information content (AvgIpc) is 2.28. The van der Waals surface area contributed by atoms with Crippen molar-refractivity contribution in [3.05, 3.63) is 44.6 Å². The molecule has 0 bridgehead atoms. The van der Waals surface area contributed by atoms with E-state index in [1.807, 2.05) is 0 Å². The Balaban J connectivity index is 2.87. The van der Waals surface area contributed by atoms with Crippen molar-refractivity contribution < 1.29 is 9.90 Å². The first kappa shape index (κ1) is 11.1. The van der Waals surface area contributed by atoms with Crippen LogP contribution in [0.5, 0.6) is 0 Å². The summed E-state index contributed by atoms with van der Waals surface area (Å²) in [5, 5.41) is 9.11. The number of carbonyl (C=O) groups is 1. The average molecular weight is 234 g/mol. The highest BCUT2D eigenvalue weighted by molar-refractivity contribution is 5.92. The fourth-order valence-corrected chi connectivity index (χ4v) is 1.67. The van der Waals surface area contributed by atoms with Gasteiger partial charge in [0, 0.05) is 6.54 Å². The molecule has 0 unspecified atom stereocenters. The maximum absolute atomic E-state index is 11.9. The van der Waals surface area contributed by atoms with Crippen molar-refractivity contribution in [3.8, 4) is 0 Å². The number of carboxylic acids is 1. The van der Waals surface area contributed by atoms with Crippen molar-refractivity contribution in [3.63, 3.8) is 0 Å². The van der Waals surface area contributed by atoms with Crippen LogP contribution in [0.1, 0.15) is 17.3 Å². The topological polar surface area (TPSA) is 92.2 Å². The van der Waals surface area contributed by atoms with Gasteiger partial charge in [0.1, 0.15) is 0 Å². The molecule has 0 atom stereocenters. The van der Waals surface area contributed by atoms with E-state index in [1.54, 1.807) is 6.92 Å². The van der Waals surface area contributed by atoms with Gasteiger partial charge in [-0.2, -0.15) is 0 Å². The van der Waals surface area contributed by atoms with Gasteiger partial charge in [0.05, 0.1) is 16.5 Å². The van der Waals surface area contributed by atoms with Gasteiger partial charge in [0.25, 0.3) is 5.56 Å². The van der Waals surface area contributed by atoms with Gasteiger partial charge in [-0.3, -0.25) is 9.36 Å². The van der Waals surface area contributed by atoms with Crippen LogP contribution in [0.15, 0.2) is 27.8 Å². The minimum atomic E-state index is -1.10. The fraction of sp³-hybridized carbons (Fsp3) is 0.182. The normalized spacial score (nSPS) is 10.6. The van der Waals surface area contributed by atoms with Crippen molar-refractivity contribution >= 4 is 16.9 Å². The van der Waals surface area contributed by atoms with Crippen LogP contribution < -0.4 is 11.2 Å². The van der Waals surface area contributed by atoms with E-state index < -0.39 is 17.2 Å². The predicted octanol–water partition coefficient (Wildman–Crippen LogP) is 0.408. The van der Waals surface area contributed by atoms with Crippen molar-refractivity contribution in [2.45, 2.75) is 13.5 Å². The molecule has 0 radical (unpaired) electrons. The Bertz CT molecular complexity index is 711.